The van der Waals surface area contributed by atoms with E-state index in [9.17, 15) is 9.59 Å². The number of rotatable bonds is 6. The van der Waals surface area contributed by atoms with E-state index in [2.05, 4.69) is 4.98 Å². The third kappa shape index (κ3) is 3.77. The first-order valence-electron chi connectivity index (χ1n) is 6.47. The minimum atomic E-state index is -0.594. The van der Waals surface area contributed by atoms with Crippen LogP contribution in [0.4, 0.5) is 0 Å². The number of esters is 2. The van der Waals surface area contributed by atoms with Gasteiger partial charge in [-0.25, -0.2) is 14.6 Å². The van der Waals surface area contributed by atoms with Gasteiger partial charge in [-0.3, -0.25) is 0 Å². The molecule has 1 heterocycles. The van der Waals surface area contributed by atoms with Crippen LogP contribution in [0.15, 0.2) is 12.3 Å². The number of nitrogens with zero attached hydrogens (tertiary/aromatic N) is 1. The topological polar surface area (TPSA) is 65.5 Å². The molecule has 0 saturated carbocycles. The molecular formula is C14H19NO4. The van der Waals surface area contributed by atoms with Crippen molar-refractivity contribution in [1.82, 2.24) is 4.98 Å². The molecule has 0 radical (unpaired) electrons. The van der Waals surface area contributed by atoms with Crippen LogP contribution in [0.2, 0.25) is 0 Å². The van der Waals surface area contributed by atoms with E-state index in [1.54, 1.807) is 19.9 Å². The monoisotopic (exact) mass is 265 g/mol. The van der Waals surface area contributed by atoms with Crippen LogP contribution in [0.25, 0.3) is 0 Å². The molecule has 19 heavy (non-hydrogen) atoms. The Morgan fingerprint density at radius 1 is 1.11 bits per heavy atom. The van der Waals surface area contributed by atoms with E-state index < -0.39 is 11.9 Å². The predicted octanol–water partition coefficient (Wildman–Crippen LogP) is 2.39. The molecular weight excluding hydrogens is 246 g/mol. The summed E-state index contributed by atoms with van der Waals surface area (Å²) in [5, 5.41) is 0. The van der Waals surface area contributed by atoms with Crippen molar-refractivity contribution in [3.63, 3.8) is 0 Å². The van der Waals surface area contributed by atoms with Gasteiger partial charge in [-0.2, -0.15) is 0 Å². The molecule has 0 spiro atoms. The van der Waals surface area contributed by atoms with Gasteiger partial charge >= 0.3 is 11.9 Å². The number of carbonyl (C=O) groups excluding carboxylic acids is 2. The second kappa shape index (κ2) is 7.51. The normalized spacial score (nSPS) is 10.1. The highest BCUT2D eigenvalue weighted by atomic mass is 16.5. The Morgan fingerprint density at radius 2 is 1.74 bits per heavy atom. The van der Waals surface area contributed by atoms with Gasteiger partial charge in [-0.15, -0.1) is 0 Å². The standard InChI is InChI=1S/C14H19NO4/c1-4-7-10-8-9-15-12(14(17)19-6-3)11(10)13(16)18-5-2/h8-9H,4-7H2,1-3H3. The smallest absolute Gasteiger partial charge is 0.357 e. The van der Waals surface area contributed by atoms with Crippen LogP contribution in [-0.2, 0) is 15.9 Å². The highest BCUT2D eigenvalue weighted by molar-refractivity contribution is 6.02. The van der Waals surface area contributed by atoms with Crippen molar-refractivity contribution in [2.75, 3.05) is 13.2 Å². The molecule has 1 rings (SSSR count). The third-order valence-electron chi connectivity index (χ3n) is 2.50. The van der Waals surface area contributed by atoms with Crippen LogP contribution < -0.4 is 0 Å². The molecule has 0 aliphatic heterocycles. The molecule has 0 amide bonds. The van der Waals surface area contributed by atoms with Crippen LogP contribution in [0, 0.1) is 0 Å². The molecule has 5 nitrogen and oxygen atoms in total. The largest absolute Gasteiger partial charge is 0.462 e. The van der Waals surface area contributed by atoms with Gasteiger partial charge in [-0.1, -0.05) is 13.3 Å². The minimum Gasteiger partial charge on any atom is -0.462 e. The van der Waals surface area contributed by atoms with E-state index in [-0.39, 0.29) is 24.5 Å². The Kier molecular flexibility index (Phi) is 5.99. The maximum Gasteiger partial charge on any atom is 0.357 e. The van der Waals surface area contributed by atoms with Crippen molar-refractivity contribution in [3.05, 3.63) is 29.1 Å². The Bertz CT molecular complexity index is 457. The highest BCUT2D eigenvalue weighted by Gasteiger charge is 2.23. The van der Waals surface area contributed by atoms with E-state index in [0.29, 0.717) is 6.42 Å². The number of pyridine rings is 1. The van der Waals surface area contributed by atoms with Crippen molar-refractivity contribution < 1.29 is 19.1 Å². The van der Waals surface area contributed by atoms with Crippen molar-refractivity contribution in [2.24, 2.45) is 0 Å². The first-order chi connectivity index (χ1) is 9.15. The molecule has 1 aromatic rings. The molecule has 1 aromatic heterocycles. The Hall–Kier alpha value is -1.91. The van der Waals surface area contributed by atoms with E-state index in [1.165, 1.54) is 6.20 Å². The Balaban J connectivity index is 3.24. The average Bonchev–Trinajstić information content (AvgIpc) is 2.39. The minimum absolute atomic E-state index is 0.0336. The molecule has 5 heteroatoms. The number of aryl methyl sites for hydroxylation is 1. The number of hydrogen-bond acceptors (Lipinski definition) is 5. The molecule has 0 N–H and O–H groups in total. The Labute approximate surface area is 112 Å². The summed E-state index contributed by atoms with van der Waals surface area (Å²) in [7, 11) is 0. The highest BCUT2D eigenvalue weighted by Crippen LogP contribution is 2.17. The molecule has 0 aliphatic rings. The Morgan fingerprint density at radius 3 is 2.32 bits per heavy atom. The molecule has 0 atom stereocenters. The molecule has 0 fully saturated rings. The van der Waals surface area contributed by atoms with Crippen LogP contribution >= 0.6 is 0 Å². The summed E-state index contributed by atoms with van der Waals surface area (Å²) in [5.41, 5.74) is 1.02. The number of aromatic nitrogens is 1. The van der Waals surface area contributed by atoms with Crippen LogP contribution in [0.3, 0.4) is 0 Å². The zero-order chi connectivity index (χ0) is 14.3. The van der Waals surface area contributed by atoms with Crippen LogP contribution in [0.5, 0.6) is 0 Å². The molecule has 0 aromatic carbocycles. The van der Waals surface area contributed by atoms with Crippen molar-refractivity contribution in [2.45, 2.75) is 33.6 Å². The quantitative estimate of drug-likeness (QED) is 0.739. The van der Waals surface area contributed by atoms with Crippen LogP contribution in [0.1, 0.15) is 53.6 Å². The fourth-order valence-corrected chi connectivity index (χ4v) is 1.76. The lowest BCUT2D eigenvalue weighted by Gasteiger charge is -2.11. The summed E-state index contributed by atoms with van der Waals surface area (Å²) in [5.74, 6) is -1.12. The summed E-state index contributed by atoms with van der Waals surface area (Å²) in [6.07, 6.45) is 3.06. The predicted molar refractivity (Wildman–Crippen MR) is 70.1 cm³/mol. The summed E-state index contributed by atoms with van der Waals surface area (Å²) in [4.78, 5) is 27.8. The fraction of sp³-hybridized carbons (Fsp3) is 0.500. The van der Waals surface area contributed by atoms with Crippen molar-refractivity contribution in [3.8, 4) is 0 Å². The van der Waals surface area contributed by atoms with Crippen LogP contribution in [-0.4, -0.2) is 30.1 Å². The molecule has 104 valence electrons. The van der Waals surface area contributed by atoms with Gasteiger partial charge in [0.2, 0.25) is 0 Å². The number of carbonyl (C=O) groups is 2. The third-order valence-corrected chi connectivity index (χ3v) is 2.50. The first kappa shape index (κ1) is 15.1. The maximum atomic E-state index is 12.0. The molecule has 0 unspecified atom stereocenters. The van der Waals surface area contributed by atoms with E-state index in [0.717, 1.165) is 12.0 Å². The first-order valence-corrected chi connectivity index (χ1v) is 6.47. The van der Waals surface area contributed by atoms with Crippen molar-refractivity contribution >= 4 is 11.9 Å². The SMILES string of the molecule is CCCc1ccnc(C(=O)OCC)c1C(=O)OCC. The lowest BCUT2D eigenvalue weighted by molar-refractivity contribution is 0.0472. The molecule has 0 aliphatic carbocycles. The summed E-state index contributed by atoms with van der Waals surface area (Å²) >= 11 is 0. The molecule has 0 saturated heterocycles. The van der Waals surface area contributed by atoms with Gasteiger partial charge in [0.15, 0.2) is 5.69 Å². The summed E-state index contributed by atoms with van der Waals surface area (Å²) in [6.45, 7) is 5.91. The van der Waals surface area contributed by atoms with Gasteiger partial charge in [0, 0.05) is 6.20 Å². The molecule has 0 bridgehead atoms. The van der Waals surface area contributed by atoms with Gasteiger partial charge in [0.1, 0.15) is 0 Å². The van der Waals surface area contributed by atoms with Gasteiger partial charge in [0.25, 0.3) is 0 Å². The average molecular weight is 265 g/mol. The fourth-order valence-electron chi connectivity index (χ4n) is 1.76. The van der Waals surface area contributed by atoms with Gasteiger partial charge in [-0.05, 0) is 31.9 Å². The second-order valence-electron chi connectivity index (χ2n) is 3.88. The number of ether oxygens (including phenoxy) is 2. The maximum absolute atomic E-state index is 12.0. The summed E-state index contributed by atoms with van der Waals surface area (Å²) < 4.78 is 9.92. The summed E-state index contributed by atoms with van der Waals surface area (Å²) in [6, 6.07) is 1.73. The van der Waals surface area contributed by atoms with E-state index in [4.69, 9.17) is 9.47 Å². The number of hydrogen-bond donors (Lipinski definition) is 0. The second-order valence-corrected chi connectivity index (χ2v) is 3.88. The zero-order valence-electron chi connectivity index (χ0n) is 11.6. The van der Waals surface area contributed by atoms with Crippen molar-refractivity contribution in [1.29, 1.82) is 0 Å². The van der Waals surface area contributed by atoms with E-state index >= 15 is 0 Å². The lowest BCUT2D eigenvalue weighted by atomic mass is 10.0. The zero-order valence-corrected chi connectivity index (χ0v) is 11.6. The van der Waals surface area contributed by atoms with E-state index in [1.807, 2.05) is 6.92 Å². The lowest BCUT2D eigenvalue weighted by Crippen LogP contribution is -2.18. The van der Waals surface area contributed by atoms with Gasteiger partial charge in [0.05, 0.1) is 18.8 Å². The van der Waals surface area contributed by atoms with Gasteiger partial charge < -0.3 is 9.47 Å².